The van der Waals surface area contributed by atoms with Gasteiger partial charge in [-0.1, -0.05) is 12.1 Å². The number of aromatic nitrogens is 1. The highest BCUT2D eigenvalue weighted by atomic mass is 19.1. The lowest BCUT2D eigenvalue weighted by atomic mass is 10.1. The van der Waals surface area contributed by atoms with E-state index in [0.717, 1.165) is 5.56 Å². The Hall–Kier alpha value is -2.63. The zero-order valence-corrected chi connectivity index (χ0v) is 11.5. The van der Waals surface area contributed by atoms with Gasteiger partial charge in [0.2, 0.25) is 0 Å². The molecule has 0 amide bonds. The van der Waals surface area contributed by atoms with Crippen LogP contribution in [0.4, 0.5) is 15.9 Å². The number of benzene rings is 1. The van der Waals surface area contributed by atoms with Gasteiger partial charge in [-0.25, -0.2) is 14.2 Å². The van der Waals surface area contributed by atoms with Gasteiger partial charge in [0.05, 0.1) is 11.3 Å². The molecule has 0 saturated heterocycles. The quantitative estimate of drug-likeness (QED) is 0.787. The zero-order chi connectivity index (χ0) is 15.4. The van der Waals surface area contributed by atoms with Gasteiger partial charge >= 0.3 is 5.97 Å². The molecule has 0 bridgehead atoms. The molecule has 0 fully saturated rings. The van der Waals surface area contributed by atoms with E-state index in [-0.39, 0.29) is 23.1 Å². The van der Waals surface area contributed by atoms with Crippen LogP contribution >= 0.6 is 0 Å². The molecular formula is C15H16FN3O2. The van der Waals surface area contributed by atoms with Crippen molar-refractivity contribution in [2.45, 2.75) is 19.4 Å². The smallest absolute Gasteiger partial charge is 0.337 e. The van der Waals surface area contributed by atoms with Crippen molar-refractivity contribution in [3.63, 3.8) is 0 Å². The van der Waals surface area contributed by atoms with Crippen molar-refractivity contribution in [2.24, 2.45) is 0 Å². The van der Waals surface area contributed by atoms with Crippen molar-refractivity contribution < 1.29 is 14.3 Å². The van der Waals surface area contributed by atoms with Crippen LogP contribution < -0.4 is 11.1 Å². The standard InChI is InChI=1S/C15H16FN3O2/c1-9(8-10-2-4-11(16)5-3-10)19-14-13(17)12(15(20)21)6-7-18-14/h2-7,9H,8,17H2,1H3,(H,18,19)(H,20,21). The van der Waals surface area contributed by atoms with E-state index in [1.165, 1.54) is 24.4 Å². The largest absolute Gasteiger partial charge is 0.478 e. The first-order valence-corrected chi connectivity index (χ1v) is 6.46. The summed E-state index contributed by atoms with van der Waals surface area (Å²) in [4.78, 5) is 15.1. The number of carboxylic acids is 1. The molecule has 0 saturated carbocycles. The van der Waals surface area contributed by atoms with Crippen LogP contribution in [0.15, 0.2) is 36.5 Å². The predicted molar refractivity (Wildman–Crippen MR) is 78.8 cm³/mol. The van der Waals surface area contributed by atoms with Crippen LogP contribution in [0.2, 0.25) is 0 Å². The Bertz CT molecular complexity index is 644. The Morgan fingerprint density at radius 2 is 2.05 bits per heavy atom. The highest BCUT2D eigenvalue weighted by Crippen LogP contribution is 2.21. The highest BCUT2D eigenvalue weighted by Gasteiger charge is 2.14. The fraction of sp³-hybridized carbons (Fsp3) is 0.200. The molecule has 2 aromatic rings. The van der Waals surface area contributed by atoms with Crippen molar-refractivity contribution in [1.29, 1.82) is 0 Å². The number of carboxylic acid groups (broad SMARTS) is 1. The van der Waals surface area contributed by atoms with Crippen molar-refractivity contribution >= 4 is 17.5 Å². The second-order valence-electron chi connectivity index (χ2n) is 4.80. The average Bonchev–Trinajstić information content (AvgIpc) is 2.43. The number of pyridine rings is 1. The number of halogens is 1. The first-order chi connectivity index (χ1) is 9.97. The number of nitrogens with two attached hydrogens (primary N) is 1. The molecule has 5 nitrogen and oxygen atoms in total. The second-order valence-corrected chi connectivity index (χ2v) is 4.80. The zero-order valence-electron chi connectivity index (χ0n) is 11.5. The summed E-state index contributed by atoms with van der Waals surface area (Å²) in [5.74, 6) is -1.03. The molecule has 1 heterocycles. The summed E-state index contributed by atoms with van der Waals surface area (Å²) < 4.78 is 12.8. The summed E-state index contributed by atoms with van der Waals surface area (Å²) in [6.07, 6.45) is 2.03. The average molecular weight is 289 g/mol. The monoisotopic (exact) mass is 289 g/mol. The van der Waals surface area contributed by atoms with Gasteiger partial charge in [-0.3, -0.25) is 0 Å². The molecule has 0 aliphatic heterocycles. The first kappa shape index (κ1) is 14.8. The van der Waals surface area contributed by atoms with Gasteiger partial charge in [-0.05, 0) is 37.1 Å². The summed E-state index contributed by atoms with van der Waals surface area (Å²) in [5.41, 5.74) is 6.88. The third kappa shape index (κ3) is 3.68. The van der Waals surface area contributed by atoms with Gasteiger partial charge in [0.1, 0.15) is 11.6 Å². The molecular weight excluding hydrogens is 273 g/mol. The maximum absolute atomic E-state index is 12.8. The molecule has 0 aliphatic rings. The molecule has 0 spiro atoms. The van der Waals surface area contributed by atoms with Crippen LogP contribution in [-0.4, -0.2) is 22.1 Å². The molecule has 1 atom stereocenters. The number of aromatic carboxylic acids is 1. The van der Waals surface area contributed by atoms with Crippen molar-refractivity contribution in [1.82, 2.24) is 4.98 Å². The van der Waals surface area contributed by atoms with Crippen LogP contribution in [0.5, 0.6) is 0 Å². The molecule has 0 aliphatic carbocycles. The van der Waals surface area contributed by atoms with E-state index in [9.17, 15) is 9.18 Å². The normalized spacial score (nSPS) is 11.9. The molecule has 1 aromatic carbocycles. The minimum Gasteiger partial charge on any atom is -0.478 e. The van der Waals surface area contributed by atoms with Crippen LogP contribution in [0, 0.1) is 5.82 Å². The first-order valence-electron chi connectivity index (χ1n) is 6.46. The maximum Gasteiger partial charge on any atom is 0.337 e. The van der Waals surface area contributed by atoms with Gasteiger partial charge in [-0.2, -0.15) is 0 Å². The number of anilines is 2. The number of hydrogen-bond donors (Lipinski definition) is 3. The fourth-order valence-electron chi connectivity index (χ4n) is 2.03. The Kier molecular flexibility index (Phi) is 4.37. The van der Waals surface area contributed by atoms with Crippen molar-refractivity contribution in [3.8, 4) is 0 Å². The van der Waals surface area contributed by atoms with Gasteiger partial charge in [0, 0.05) is 12.2 Å². The lowest BCUT2D eigenvalue weighted by Gasteiger charge is -2.16. The number of hydrogen-bond acceptors (Lipinski definition) is 4. The Balaban J connectivity index is 2.09. The molecule has 6 heteroatoms. The summed E-state index contributed by atoms with van der Waals surface area (Å²) in [5, 5.41) is 12.1. The van der Waals surface area contributed by atoms with E-state index in [2.05, 4.69) is 10.3 Å². The van der Waals surface area contributed by atoms with E-state index in [1.54, 1.807) is 12.1 Å². The Morgan fingerprint density at radius 3 is 2.67 bits per heavy atom. The number of rotatable bonds is 5. The Morgan fingerprint density at radius 1 is 1.38 bits per heavy atom. The predicted octanol–water partition coefficient (Wildman–Crippen LogP) is 2.54. The number of nitrogens with one attached hydrogen (secondary N) is 1. The molecule has 1 aromatic heterocycles. The minimum atomic E-state index is -1.09. The fourth-order valence-corrected chi connectivity index (χ4v) is 2.03. The van der Waals surface area contributed by atoms with Crippen LogP contribution in [-0.2, 0) is 6.42 Å². The lowest BCUT2D eigenvalue weighted by molar-refractivity contribution is 0.0698. The maximum atomic E-state index is 12.8. The van der Waals surface area contributed by atoms with E-state index < -0.39 is 5.97 Å². The second kappa shape index (κ2) is 6.21. The van der Waals surface area contributed by atoms with Crippen molar-refractivity contribution in [2.75, 3.05) is 11.1 Å². The van der Waals surface area contributed by atoms with Crippen molar-refractivity contribution in [3.05, 3.63) is 53.5 Å². The van der Waals surface area contributed by atoms with E-state index in [0.29, 0.717) is 12.2 Å². The third-order valence-corrected chi connectivity index (χ3v) is 3.06. The third-order valence-electron chi connectivity index (χ3n) is 3.06. The van der Waals surface area contributed by atoms with Crippen LogP contribution in [0.3, 0.4) is 0 Å². The number of nitrogen functional groups attached to an aromatic ring is 1. The summed E-state index contributed by atoms with van der Waals surface area (Å²) in [7, 11) is 0. The molecule has 2 rings (SSSR count). The van der Waals surface area contributed by atoms with Gasteiger partial charge in [0.15, 0.2) is 0 Å². The van der Waals surface area contributed by atoms with Crippen LogP contribution in [0.1, 0.15) is 22.8 Å². The van der Waals surface area contributed by atoms with Gasteiger partial charge in [0.25, 0.3) is 0 Å². The molecule has 21 heavy (non-hydrogen) atoms. The lowest BCUT2D eigenvalue weighted by Crippen LogP contribution is -2.20. The Labute approximate surface area is 121 Å². The van der Waals surface area contributed by atoms with Gasteiger partial charge in [-0.15, -0.1) is 0 Å². The highest BCUT2D eigenvalue weighted by molar-refractivity contribution is 5.96. The van der Waals surface area contributed by atoms with Gasteiger partial charge < -0.3 is 16.2 Å². The van der Waals surface area contributed by atoms with E-state index in [1.807, 2.05) is 6.92 Å². The molecule has 110 valence electrons. The summed E-state index contributed by atoms with van der Waals surface area (Å²) in [6.45, 7) is 1.91. The van der Waals surface area contributed by atoms with E-state index in [4.69, 9.17) is 10.8 Å². The molecule has 0 radical (unpaired) electrons. The van der Waals surface area contributed by atoms with E-state index >= 15 is 0 Å². The molecule has 1 unspecified atom stereocenters. The number of nitrogens with zero attached hydrogens (tertiary/aromatic N) is 1. The summed E-state index contributed by atoms with van der Waals surface area (Å²) >= 11 is 0. The minimum absolute atomic E-state index is 0.0153. The topological polar surface area (TPSA) is 88.2 Å². The van der Waals surface area contributed by atoms with Crippen LogP contribution in [0.25, 0.3) is 0 Å². The number of carbonyl (C=O) groups is 1. The molecule has 4 N–H and O–H groups in total. The SMILES string of the molecule is CC(Cc1ccc(F)cc1)Nc1nccc(C(=O)O)c1N. The summed E-state index contributed by atoms with van der Waals surface area (Å²) in [6, 6.07) is 7.54.